The van der Waals surface area contributed by atoms with E-state index in [9.17, 15) is 8.78 Å². The summed E-state index contributed by atoms with van der Waals surface area (Å²) < 4.78 is 26.3. The van der Waals surface area contributed by atoms with Crippen LogP contribution in [-0.4, -0.2) is 0 Å². The summed E-state index contributed by atoms with van der Waals surface area (Å²) in [7, 11) is 0. The summed E-state index contributed by atoms with van der Waals surface area (Å²) in [6.45, 7) is 3.12. The van der Waals surface area contributed by atoms with Crippen molar-refractivity contribution < 1.29 is 8.78 Å². The largest absolute Gasteiger partial charge is 0.207 e. The van der Waals surface area contributed by atoms with E-state index in [0.717, 1.165) is 0 Å². The summed E-state index contributed by atoms with van der Waals surface area (Å²) in [6, 6.07) is 1.35. The van der Waals surface area contributed by atoms with Crippen molar-refractivity contribution in [3.05, 3.63) is 32.4 Å². The molecule has 1 aromatic rings. The minimum absolute atomic E-state index is 0.0972. The Kier molecular flexibility index (Phi) is 2.47. The molecule has 1 rings (SSSR count). The van der Waals surface area contributed by atoms with Gasteiger partial charge in [0, 0.05) is 5.56 Å². The van der Waals surface area contributed by atoms with E-state index < -0.39 is 11.6 Å². The van der Waals surface area contributed by atoms with E-state index in [-0.39, 0.29) is 5.56 Å². The molecule has 0 amide bonds. The zero-order chi connectivity index (χ0) is 8.59. The van der Waals surface area contributed by atoms with Crippen LogP contribution in [0.2, 0.25) is 0 Å². The first-order valence-electron chi connectivity index (χ1n) is 3.14. The molecule has 3 heteroatoms. The fraction of sp³-hybridized carbons (Fsp3) is 0.250. The van der Waals surface area contributed by atoms with Gasteiger partial charge in [-0.1, -0.05) is 0 Å². The monoisotopic (exact) mass is 268 g/mol. The molecule has 0 aliphatic carbocycles. The van der Waals surface area contributed by atoms with Gasteiger partial charge in [-0.25, -0.2) is 8.78 Å². The van der Waals surface area contributed by atoms with Gasteiger partial charge in [-0.05, 0) is 48.1 Å². The molecule has 0 aliphatic rings. The van der Waals surface area contributed by atoms with E-state index in [1.165, 1.54) is 13.0 Å². The fourth-order valence-electron chi connectivity index (χ4n) is 0.804. The summed E-state index contributed by atoms with van der Waals surface area (Å²) in [5.74, 6) is -0.913. The first kappa shape index (κ1) is 8.90. The average molecular weight is 268 g/mol. The highest BCUT2D eigenvalue weighted by Crippen LogP contribution is 2.21. The van der Waals surface area contributed by atoms with E-state index >= 15 is 0 Å². The van der Waals surface area contributed by atoms with Crippen LogP contribution in [0.4, 0.5) is 8.78 Å². The second kappa shape index (κ2) is 3.05. The molecular formula is C8H7F2I. The molecule has 11 heavy (non-hydrogen) atoms. The Hall–Kier alpha value is -0.190. The van der Waals surface area contributed by atoms with E-state index in [1.807, 2.05) is 22.6 Å². The van der Waals surface area contributed by atoms with Crippen molar-refractivity contribution in [3.63, 3.8) is 0 Å². The molecule has 0 atom stereocenters. The van der Waals surface area contributed by atoms with Crippen molar-refractivity contribution in [3.8, 4) is 0 Å². The van der Waals surface area contributed by atoms with Gasteiger partial charge in [0.15, 0.2) is 0 Å². The lowest BCUT2D eigenvalue weighted by Gasteiger charge is -2.03. The summed E-state index contributed by atoms with van der Waals surface area (Å²) in [4.78, 5) is 0. The van der Waals surface area contributed by atoms with E-state index in [4.69, 9.17) is 0 Å². The Morgan fingerprint density at radius 1 is 1.27 bits per heavy atom. The quantitative estimate of drug-likeness (QED) is 0.500. The number of benzene rings is 1. The predicted octanol–water partition coefficient (Wildman–Crippen LogP) is 3.19. The van der Waals surface area contributed by atoms with Crippen molar-refractivity contribution in [2.24, 2.45) is 0 Å². The van der Waals surface area contributed by atoms with Crippen molar-refractivity contribution >= 4 is 22.6 Å². The normalized spacial score (nSPS) is 10.3. The highest BCUT2D eigenvalue weighted by molar-refractivity contribution is 14.1. The molecule has 0 spiro atoms. The molecule has 0 fully saturated rings. The first-order chi connectivity index (χ1) is 5.04. The second-order valence-electron chi connectivity index (χ2n) is 2.43. The van der Waals surface area contributed by atoms with Gasteiger partial charge in [0.05, 0.1) is 3.57 Å². The highest BCUT2D eigenvalue weighted by atomic mass is 127. The number of halogens is 3. The van der Waals surface area contributed by atoms with Gasteiger partial charge in [-0.15, -0.1) is 0 Å². The van der Waals surface area contributed by atoms with Gasteiger partial charge in [0.1, 0.15) is 11.6 Å². The topological polar surface area (TPSA) is 0 Å². The van der Waals surface area contributed by atoms with E-state index in [0.29, 0.717) is 9.13 Å². The average Bonchev–Trinajstić information content (AvgIpc) is 1.97. The standard InChI is InChI=1S/C8H7F2I/c1-4-3-6(9)5(2)7(10)8(4)11/h3H,1-2H3. The molecule has 0 radical (unpaired) electrons. The van der Waals surface area contributed by atoms with Gasteiger partial charge < -0.3 is 0 Å². The number of hydrogen-bond donors (Lipinski definition) is 0. The molecule has 0 saturated carbocycles. The molecule has 0 aliphatic heterocycles. The Morgan fingerprint density at radius 2 is 1.82 bits per heavy atom. The zero-order valence-electron chi connectivity index (χ0n) is 6.21. The second-order valence-corrected chi connectivity index (χ2v) is 3.51. The Labute approximate surface area is 77.8 Å². The summed E-state index contributed by atoms with van der Waals surface area (Å²) in [5.41, 5.74) is 0.742. The number of aryl methyl sites for hydroxylation is 1. The Morgan fingerprint density at radius 3 is 2.36 bits per heavy atom. The summed E-state index contributed by atoms with van der Waals surface area (Å²) in [6.07, 6.45) is 0. The van der Waals surface area contributed by atoms with Crippen molar-refractivity contribution in [1.82, 2.24) is 0 Å². The van der Waals surface area contributed by atoms with Crippen molar-refractivity contribution in [2.45, 2.75) is 13.8 Å². The minimum Gasteiger partial charge on any atom is -0.207 e. The third-order valence-corrected chi connectivity index (χ3v) is 2.89. The molecule has 1 aromatic carbocycles. The van der Waals surface area contributed by atoms with Gasteiger partial charge in [0.2, 0.25) is 0 Å². The molecule has 0 bridgehead atoms. The van der Waals surface area contributed by atoms with Crippen LogP contribution < -0.4 is 0 Å². The van der Waals surface area contributed by atoms with Gasteiger partial charge in [-0.2, -0.15) is 0 Å². The van der Waals surface area contributed by atoms with Crippen LogP contribution in [0, 0.1) is 29.1 Å². The Bertz CT molecular complexity index is 268. The lowest BCUT2D eigenvalue weighted by atomic mass is 10.1. The van der Waals surface area contributed by atoms with Crippen LogP contribution in [0.3, 0.4) is 0 Å². The minimum atomic E-state index is -0.472. The van der Waals surface area contributed by atoms with Crippen LogP contribution >= 0.6 is 22.6 Å². The molecule has 0 N–H and O–H groups in total. The first-order valence-corrected chi connectivity index (χ1v) is 4.22. The molecule has 0 nitrogen and oxygen atoms in total. The molecule has 0 saturated heterocycles. The smallest absolute Gasteiger partial charge is 0.142 e. The van der Waals surface area contributed by atoms with Crippen LogP contribution in [0.5, 0.6) is 0 Å². The third-order valence-electron chi connectivity index (χ3n) is 1.57. The van der Waals surface area contributed by atoms with Gasteiger partial charge in [0.25, 0.3) is 0 Å². The highest BCUT2D eigenvalue weighted by Gasteiger charge is 2.10. The molecule has 0 unspecified atom stereocenters. The maximum atomic E-state index is 13.0. The maximum absolute atomic E-state index is 13.0. The van der Waals surface area contributed by atoms with Gasteiger partial charge in [-0.3, -0.25) is 0 Å². The molecular weight excluding hydrogens is 261 g/mol. The van der Waals surface area contributed by atoms with Crippen LogP contribution in [0.15, 0.2) is 6.07 Å². The van der Waals surface area contributed by atoms with E-state index in [1.54, 1.807) is 6.92 Å². The van der Waals surface area contributed by atoms with Crippen LogP contribution in [-0.2, 0) is 0 Å². The third kappa shape index (κ3) is 1.52. The van der Waals surface area contributed by atoms with E-state index in [2.05, 4.69) is 0 Å². The summed E-state index contributed by atoms with van der Waals surface area (Å²) in [5, 5.41) is 0. The fourth-order valence-corrected chi connectivity index (χ4v) is 1.36. The summed E-state index contributed by atoms with van der Waals surface area (Å²) >= 11 is 1.87. The lowest BCUT2D eigenvalue weighted by Crippen LogP contribution is -1.95. The molecule has 0 aromatic heterocycles. The zero-order valence-corrected chi connectivity index (χ0v) is 8.37. The van der Waals surface area contributed by atoms with Crippen LogP contribution in [0.25, 0.3) is 0 Å². The predicted molar refractivity (Wildman–Crippen MR) is 48.5 cm³/mol. The molecule has 0 heterocycles. The lowest BCUT2D eigenvalue weighted by molar-refractivity contribution is 0.561. The van der Waals surface area contributed by atoms with Crippen molar-refractivity contribution in [2.75, 3.05) is 0 Å². The maximum Gasteiger partial charge on any atom is 0.142 e. The number of hydrogen-bond acceptors (Lipinski definition) is 0. The van der Waals surface area contributed by atoms with Gasteiger partial charge >= 0.3 is 0 Å². The Balaban J connectivity index is 3.46. The number of rotatable bonds is 0. The SMILES string of the molecule is Cc1cc(F)c(C)c(F)c1I. The van der Waals surface area contributed by atoms with Crippen molar-refractivity contribution in [1.29, 1.82) is 0 Å². The molecule has 60 valence electrons. The van der Waals surface area contributed by atoms with Crippen LogP contribution in [0.1, 0.15) is 11.1 Å².